The maximum Gasteiger partial charge on any atom is 0.331 e. The number of oxazole rings is 1. The summed E-state index contributed by atoms with van der Waals surface area (Å²) in [5.74, 6) is -0.488. The number of hydrogen-bond acceptors (Lipinski definition) is 5. The number of amides is 1. The first-order valence-electron chi connectivity index (χ1n) is 7.17. The molecule has 0 aromatic carbocycles. The largest absolute Gasteiger partial charge is 0.464 e. The molecule has 21 heavy (non-hydrogen) atoms. The molecule has 0 radical (unpaired) electrons. The average Bonchev–Trinajstić information content (AvgIpc) is 2.87. The predicted octanol–water partition coefficient (Wildman–Crippen LogP) is 2.51. The van der Waals surface area contributed by atoms with Gasteiger partial charge in [0.2, 0.25) is 0 Å². The van der Waals surface area contributed by atoms with Gasteiger partial charge in [-0.2, -0.15) is 0 Å². The highest BCUT2D eigenvalue weighted by Crippen LogP contribution is 2.22. The zero-order chi connectivity index (χ0) is 16.2. The van der Waals surface area contributed by atoms with Gasteiger partial charge >= 0.3 is 5.97 Å². The quantitative estimate of drug-likeness (QED) is 0.816. The van der Waals surface area contributed by atoms with Crippen LogP contribution < -0.4 is 5.32 Å². The molecule has 0 fully saturated rings. The van der Waals surface area contributed by atoms with E-state index in [1.807, 2.05) is 27.7 Å². The SMILES string of the molecule is CCOC(=O)C(C)(NC(=O)c1ncoc1C(C)C)C(C)C. The fourth-order valence-electron chi connectivity index (χ4n) is 1.84. The summed E-state index contributed by atoms with van der Waals surface area (Å²) in [5.41, 5.74) is -0.901. The van der Waals surface area contributed by atoms with E-state index in [0.717, 1.165) is 0 Å². The summed E-state index contributed by atoms with van der Waals surface area (Å²) in [6.07, 6.45) is 1.24. The molecule has 118 valence electrons. The third-order valence-corrected chi connectivity index (χ3v) is 3.56. The minimum Gasteiger partial charge on any atom is -0.464 e. The summed E-state index contributed by atoms with van der Waals surface area (Å²) in [4.78, 5) is 28.5. The molecule has 0 aliphatic carbocycles. The lowest BCUT2D eigenvalue weighted by atomic mass is 9.88. The number of carbonyl (C=O) groups excluding carboxylic acids is 2. The fourth-order valence-corrected chi connectivity index (χ4v) is 1.84. The van der Waals surface area contributed by atoms with Gasteiger partial charge in [-0.15, -0.1) is 0 Å². The van der Waals surface area contributed by atoms with E-state index >= 15 is 0 Å². The fraction of sp³-hybridized carbons (Fsp3) is 0.667. The zero-order valence-electron chi connectivity index (χ0n) is 13.5. The van der Waals surface area contributed by atoms with E-state index in [2.05, 4.69) is 10.3 Å². The molecule has 6 heteroatoms. The molecule has 1 aromatic heterocycles. The van der Waals surface area contributed by atoms with Crippen molar-refractivity contribution in [1.29, 1.82) is 0 Å². The average molecular weight is 296 g/mol. The van der Waals surface area contributed by atoms with Crippen molar-refractivity contribution < 1.29 is 18.7 Å². The van der Waals surface area contributed by atoms with Crippen LogP contribution in [-0.4, -0.2) is 29.0 Å². The van der Waals surface area contributed by atoms with Crippen molar-refractivity contribution in [2.45, 2.75) is 53.0 Å². The van der Waals surface area contributed by atoms with E-state index < -0.39 is 17.4 Å². The standard InChI is InChI=1S/C15H24N2O4/c1-7-20-14(19)15(6,10(4)5)17-13(18)11-12(9(2)3)21-8-16-11/h8-10H,7H2,1-6H3,(H,17,18). The number of ether oxygens (including phenoxy) is 1. The zero-order valence-corrected chi connectivity index (χ0v) is 13.5. The summed E-state index contributed by atoms with van der Waals surface area (Å²) in [5, 5.41) is 2.74. The van der Waals surface area contributed by atoms with E-state index in [1.54, 1.807) is 13.8 Å². The highest BCUT2D eigenvalue weighted by atomic mass is 16.5. The van der Waals surface area contributed by atoms with Crippen molar-refractivity contribution in [2.24, 2.45) is 5.92 Å². The molecule has 0 aliphatic rings. The Hall–Kier alpha value is -1.85. The van der Waals surface area contributed by atoms with Gasteiger partial charge in [0.15, 0.2) is 12.1 Å². The molecular weight excluding hydrogens is 272 g/mol. The van der Waals surface area contributed by atoms with Crippen LogP contribution in [0.5, 0.6) is 0 Å². The molecule has 1 atom stereocenters. The van der Waals surface area contributed by atoms with Gasteiger partial charge in [0.1, 0.15) is 11.3 Å². The molecule has 0 spiro atoms. The maximum atomic E-state index is 12.4. The molecule has 6 nitrogen and oxygen atoms in total. The second kappa shape index (κ2) is 6.74. The van der Waals surface area contributed by atoms with E-state index in [0.29, 0.717) is 5.76 Å². The van der Waals surface area contributed by atoms with Crippen molar-refractivity contribution in [3.63, 3.8) is 0 Å². The van der Waals surface area contributed by atoms with Crippen LogP contribution in [0.1, 0.15) is 63.7 Å². The molecule has 1 heterocycles. The lowest BCUT2D eigenvalue weighted by Gasteiger charge is -2.31. The van der Waals surface area contributed by atoms with Crippen LogP contribution >= 0.6 is 0 Å². The summed E-state index contributed by atoms with van der Waals surface area (Å²) < 4.78 is 10.3. The van der Waals surface area contributed by atoms with Crippen molar-refractivity contribution in [3.8, 4) is 0 Å². The van der Waals surface area contributed by atoms with Gasteiger partial charge in [-0.1, -0.05) is 27.7 Å². The summed E-state index contributed by atoms with van der Waals surface area (Å²) in [7, 11) is 0. The highest BCUT2D eigenvalue weighted by molar-refractivity contribution is 5.97. The lowest BCUT2D eigenvalue weighted by molar-refractivity contribution is -0.152. The molecular formula is C15H24N2O4. The van der Waals surface area contributed by atoms with Gasteiger partial charge < -0.3 is 14.5 Å². The van der Waals surface area contributed by atoms with Crippen molar-refractivity contribution in [3.05, 3.63) is 17.8 Å². The van der Waals surface area contributed by atoms with Gasteiger partial charge in [-0.3, -0.25) is 4.79 Å². The molecule has 1 amide bonds. The van der Waals surface area contributed by atoms with Gasteiger partial charge in [-0.25, -0.2) is 9.78 Å². The van der Waals surface area contributed by atoms with Crippen molar-refractivity contribution in [1.82, 2.24) is 10.3 Å². The maximum absolute atomic E-state index is 12.4. The number of esters is 1. The van der Waals surface area contributed by atoms with E-state index in [-0.39, 0.29) is 24.1 Å². The van der Waals surface area contributed by atoms with E-state index in [1.165, 1.54) is 6.39 Å². The minimum atomic E-state index is -1.11. The topological polar surface area (TPSA) is 81.4 Å². The van der Waals surface area contributed by atoms with Crippen LogP contribution in [0.25, 0.3) is 0 Å². The minimum absolute atomic E-state index is 0.0288. The molecule has 0 bridgehead atoms. The van der Waals surface area contributed by atoms with Crippen LogP contribution in [0, 0.1) is 5.92 Å². The van der Waals surface area contributed by atoms with E-state index in [9.17, 15) is 9.59 Å². The summed E-state index contributed by atoms with van der Waals surface area (Å²) in [6.45, 7) is 11.2. The molecule has 1 unspecified atom stereocenters. The second-order valence-corrected chi connectivity index (χ2v) is 5.75. The van der Waals surface area contributed by atoms with Crippen LogP contribution in [0.3, 0.4) is 0 Å². The first-order chi connectivity index (χ1) is 9.74. The molecule has 0 aliphatic heterocycles. The smallest absolute Gasteiger partial charge is 0.331 e. The number of nitrogens with one attached hydrogen (secondary N) is 1. The summed E-state index contributed by atoms with van der Waals surface area (Å²) >= 11 is 0. The molecule has 1 rings (SSSR count). The number of aromatic nitrogens is 1. The number of hydrogen-bond donors (Lipinski definition) is 1. The molecule has 0 saturated heterocycles. The molecule has 1 aromatic rings. The van der Waals surface area contributed by atoms with Crippen molar-refractivity contribution in [2.75, 3.05) is 6.61 Å². The van der Waals surface area contributed by atoms with Crippen LogP contribution in [0.15, 0.2) is 10.8 Å². The van der Waals surface area contributed by atoms with Crippen LogP contribution in [-0.2, 0) is 9.53 Å². The van der Waals surface area contributed by atoms with Crippen LogP contribution in [0.2, 0.25) is 0 Å². The van der Waals surface area contributed by atoms with Crippen LogP contribution in [0.4, 0.5) is 0 Å². The normalized spacial score (nSPS) is 14.1. The number of nitrogens with zero attached hydrogens (tertiary/aromatic N) is 1. The third-order valence-electron chi connectivity index (χ3n) is 3.56. The van der Waals surface area contributed by atoms with Gasteiger partial charge in [0.25, 0.3) is 5.91 Å². The Labute approximate surface area is 125 Å². The molecule has 1 N–H and O–H groups in total. The lowest BCUT2D eigenvalue weighted by Crippen LogP contribution is -2.56. The molecule has 0 saturated carbocycles. The van der Waals surface area contributed by atoms with Gasteiger partial charge in [-0.05, 0) is 19.8 Å². The summed E-state index contributed by atoms with van der Waals surface area (Å²) in [6, 6.07) is 0. The predicted molar refractivity (Wildman–Crippen MR) is 77.9 cm³/mol. The Bertz CT molecular complexity index is 508. The Morgan fingerprint density at radius 3 is 2.48 bits per heavy atom. The number of rotatable bonds is 6. The highest BCUT2D eigenvalue weighted by Gasteiger charge is 2.40. The van der Waals surface area contributed by atoms with Crippen molar-refractivity contribution >= 4 is 11.9 Å². The van der Waals surface area contributed by atoms with E-state index in [4.69, 9.17) is 9.15 Å². The first-order valence-corrected chi connectivity index (χ1v) is 7.17. The Balaban J connectivity index is 3.02. The second-order valence-electron chi connectivity index (χ2n) is 5.75. The van der Waals surface area contributed by atoms with Gasteiger partial charge in [0.05, 0.1) is 6.61 Å². The Morgan fingerprint density at radius 1 is 1.38 bits per heavy atom. The number of carbonyl (C=O) groups is 2. The Morgan fingerprint density at radius 2 is 2.00 bits per heavy atom. The van der Waals surface area contributed by atoms with Gasteiger partial charge in [0, 0.05) is 5.92 Å². The Kier molecular flexibility index (Phi) is 5.52. The first kappa shape index (κ1) is 17.2. The monoisotopic (exact) mass is 296 g/mol. The third kappa shape index (κ3) is 3.62.